The quantitative estimate of drug-likeness (QED) is 0.736. The van der Waals surface area contributed by atoms with Crippen molar-refractivity contribution in [1.29, 1.82) is 0 Å². The molecule has 0 spiro atoms. The summed E-state index contributed by atoms with van der Waals surface area (Å²) in [6, 6.07) is 10.4. The van der Waals surface area contributed by atoms with E-state index in [-0.39, 0.29) is 0 Å². The van der Waals surface area contributed by atoms with E-state index >= 15 is 0 Å². The van der Waals surface area contributed by atoms with E-state index in [1.807, 2.05) is 6.07 Å². The van der Waals surface area contributed by atoms with Crippen molar-refractivity contribution in [2.75, 3.05) is 0 Å². The summed E-state index contributed by atoms with van der Waals surface area (Å²) in [4.78, 5) is 22.5. The second-order valence-corrected chi connectivity index (χ2v) is 3.50. The molecule has 4 heteroatoms. The number of carbonyl (C=O) groups excluding carboxylic acids is 3. The summed E-state index contributed by atoms with van der Waals surface area (Å²) in [7, 11) is 0. The van der Waals surface area contributed by atoms with Gasteiger partial charge in [0.15, 0.2) is 0 Å². The molecule has 0 saturated heterocycles. The van der Waals surface area contributed by atoms with Gasteiger partial charge < -0.3 is 0 Å². The summed E-state index contributed by atoms with van der Waals surface area (Å²) in [6.07, 6.45) is 5.37. The topological polar surface area (TPSA) is 51.2 Å². The number of hydrogen-bond donors (Lipinski definition) is 0. The first kappa shape index (κ1) is 18.6. The summed E-state index contributed by atoms with van der Waals surface area (Å²) < 4.78 is 1.29. The molecule has 1 aliphatic rings. The SMILES string of the molecule is [C]=O.[C]=O.[C]=O.[Mn][C]1=C(c2ccccc2)C=CC1. The zero-order valence-electron chi connectivity index (χ0n) is 9.35. The van der Waals surface area contributed by atoms with Gasteiger partial charge in [0.2, 0.25) is 0 Å². The van der Waals surface area contributed by atoms with Crippen molar-refractivity contribution >= 4 is 25.9 Å². The first-order valence-corrected chi connectivity index (χ1v) is 5.19. The van der Waals surface area contributed by atoms with Crippen molar-refractivity contribution in [3.05, 3.63) is 52.5 Å². The molecule has 0 aliphatic heterocycles. The van der Waals surface area contributed by atoms with Gasteiger partial charge in [0.1, 0.15) is 0 Å². The van der Waals surface area contributed by atoms with Crippen molar-refractivity contribution in [1.82, 2.24) is 0 Å². The van der Waals surface area contributed by atoms with Gasteiger partial charge >= 0.3 is 80.5 Å². The predicted molar refractivity (Wildman–Crippen MR) is 64.2 cm³/mol. The van der Waals surface area contributed by atoms with E-state index in [1.54, 1.807) is 0 Å². The van der Waals surface area contributed by atoms with Crippen LogP contribution in [0, 0.1) is 0 Å². The first-order chi connectivity index (χ1) is 8.88. The van der Waals surface area contributed by atoms with E-state index in [9.17, 15) is 0 Å². The second-order valence-electron chi connectivity index (χ2n) is 2.79. The van der Waals surface area contributed by atoms with Crippen LogP contribution in [0.1, 0.15) is 12.0 Å². The number of hydrogen-bond acceptors (Lipinski definition) is 3. The van der Waals surface area contributed by atoms with E-state index in [1.165, 1.54) is 15.6 Å². The van der Waals surface area contributed by atoms with E-state index < -0.39 is 0 Å². The molecule has 1 aromatic rings. The number of rotatable bonds is 1. The average Bonchev–Trinajstić information content (AvgIpc) is 2.92. The molecule has 0 fully saturated rings. The number of benzene rings is 1. The third-order valence-corrected chi connectivity index (χ3v) is 2.52. The van der Waals surface area contributed by atoms with Crippen molar-refractivity contribution < 1.29 is 30.4 Å². The molecular formula is C14H9MnO3. The molecule has 18 heavy (non-hydrogen) atoms. The van der Waals surface area contributed by atoms with Crippen LogP contribution < -0.4 is 0 Å². The van der Waals surface area contributed by atoms with Gasteiger partial charge in [-0.2, -0.15) is 0 Å². The Hall–Kier alpha value is -1.77. The molecule has 0 N–H and O–H groups in total. The Kier molecular flexibility index (Phi) is 13.7. The Balaban J connectivity index is 0. The maximum absolute atomic E-state index is 7.50. The van der Waals surface area contributed by atoms with Crippen LogP contribution in [-0.4, -0.2) is 20.4 Å². The van der Waals surface area contributed by atoms with Gasteiger partial charge in [0.05, 0.1) is 0 Å². The normalized spacial score (nSPS) is 11.2. The Bertz CT molecular complexity index is 381. The van der Waals surface area contributed by atoms with Gasteiger partial charge in [-0.15, -0.1) is 0 Å². The van der Waals surface area contributed by atoms with Gasteiger partial charge in [0.25, 0.3) is 20.4 Å². The zero-order valence-corrected chi connectivity index (χ0v) is 10.5. The van der Waals surface area contributed by atoms with Crippen LogP contribution in [0.4, 0.5) is 0 Å². The molecule has 0 amide bonds. The molecule has 0 bridgehead atoms. The Morgan fingerprint density at radius 1 is 0.889 bits per heavy atom. The van der Waals surface area contributed by atoms with Crippen molar-refractivity contribution in [2.45, 2.75) is 6.42 Å². The van der Waals surface area contributed by atoms with Crippen LogP contribution in [0.2, 0.25) is 0 Å². The Labute approximate surface area is 115 Å². The fourth-order valence-corrected chi connectivity index (χ4v) is 1.76. The van der Waals surface area contributed by atoms with Crippen LogP contribution >= 0.6 is 0 Å². The van der Waals surface area contributed by atoms with Crippen molar-refractivity contribution in [3.8, 4) is 0 Å². The summed E-state index contributed by atoms with van der Waals surface area (Å²) in [6.45, 7) is 13.5. The van der Waals surface area contributed by atoms with E-state index in [4.69, 9.17) is 14.4 Å². The molecule has 6 radical (unpaired) electrons. The molecule has 0 heterocycles. The van der Waals surface area contributed by atoms with Gasteiger partial charge in [-0.05, 0) is 0 Å². The van der Waals surface area contributed by atoms with E-state index in [0.29, 0.717) is 0 Å². The molecule has 2 rings (SSSR count). The third-order valence-electron chi connectivity index (χ3n) is 1.96. The van der Waals surface area contributed by atoms with E-state index in [2.05, 4.69) is 72.8 Å². The summed E-state index contributed by atoms with van der Waals surface area (Å²) in [5, 5.41) is 0. The standard InChI is InChI=1S/C11H9.3CO.Mn/c1-2-6-10(7-3-1)11-8-4-5-9-11;3*1-2;/h1-4,6-8H,5H2;;;;. The van der Waals surface area contributed by atoms with Crippen LogP contribution in [-0.2, 0) is 30.4 Å². The average molecular weight is 280 g/mol. The molecule has 0 aromatic heterocycles. The predicted octanol–water partition coefficient (Wildman–Crippen LogP) is 1.71. The monoisotopic (exact) mass is 280 g/mol. The van der Waals surface area contributed by atoms with Gasteiger partial charge in [-0.25, -0.2) is 0 Å². The Morgan fingerprint density at radius 2 is 1.39 bits per heavy atom. The maximum atomic E-state index is 7.50. The second kappa shape index (κ2) is 13.3. The Morgan fingerprint density at radius 3 is 1.78 bits per heavy atom. The van der Waals surface area contributed by atoms with Gasteiger partial charge in [0, 0.05) is 0 Å². The van der Waals surface area contributed by atoms with Gasteiger partial charge in [-0.3, -0.25) is 14.4 Å². The molecule has 1 aliphatic carbocycles. The number of allylic oxidation sites excluding steroid dienone is 4. The van der Waals surface area contributed by atoms with Crippen LogP contribution in [0.25, 0.3) is 5.57 Å². The molecule has 0 atom stereocenters. The van der Waals surface area contributed by atoms with Crippen LogP contribution in [0.3, 0.4) is 0 Å². The fraction of sp³-hybridized carbons (Fsp3) is 0.0714. The van der Waals surface area contributed by atoms with Crippen LogP contribution in [0.15, 0.2) is 47.0 Å². The first-order valence-electron chi connectivity index (χ1n) is 4.60. The summed E-state index contributed by atoms with van der Waals surface area (Å²) in [5.41, 5.74) is 2.61. The van der Waals surface area contributed by atoms with Crippen molar-refractivity contribution in [3.63, 3.8) is 0 Å². The minimum absolute atomic E-state index is 1.03. The van der Waals surface area contributed by atoms with Crippen molar-refractivity contribution in [2.24, 2.45) is 0 Å². The molecule has 3 nitrogen and oxygen atoms in total. The zero-order chi connectivity index (χ0) is 14.4. The molecule has 90 valence electrons. The third kappa shape index (κ3) is 6.09. The molecule has 0 saturated carbocycles. The van der Waals surface area contributed by atoms with Gasteiger partial charge in [-0.1, -0.05) is 0 Å². The summed E-state index contributed by atoms with van der Waals surface area (Å²) >= 11 is 3.56. The summed E-state index contributed by atoms with van der Waals surface area (Å²) in [5.74, 6) is 0. The van der Waals surface area contributed by atoms with E-state index in [0.717, 1.165) is 6.42 Å². The molecule has 0 unspecified atom stereocenters. The molecule has 1 aromatic carbocycles. The fourth-order valence-electron chi connectivity index (χ4n) is 1.35. The minimum atomic E-state index is 1.03. The van der Waals surface area contributed by atoms with Crippen LogP contribution in [0.5, 0.6) is 0 Å². The molecular weight excluding hydrogens is 271 g/mol.